The fourth-order valence-electron chi connectivity index (χ4n) is 11.0. The van der Waals surface area contributed by atoms with E-state index in [0.29, 0.717) is 58.3 Å². The minimum Gasteiger partial charge on any atom is -0.480 e. The molecule has 2 aliphatic heterocycles. The molecule has 5 N–H and O–H groups in total. The summed E-state index contributed by atoms with van der Waals surface area (Å²) in [7, 11) is 20.3. The Bertz CT molecular complexity index is 2740. The van der Waals surface area contributed by atoms with Gasteiger partial charge in [-0.25, -0.2) is 0 Å². The normalized spacial score (nSPS) is 15.7. The second kappa shape index (κ2) is 65.6. The molecule has 0 radical (unpaired) electrons. The Morgan fingerprint density at radius 2 is 0.737 bits per heavy atom. The molecular weight excluding hydrogens is 1610 g/mol. The number of carboxylic acids is 1. The summed E-state index contributed by atoms with van der Waals surface area (Å²) in [5, 5.41) is 9.45. The summed E-state index contributed by atoms with van der Waals surface area (Å²) in [4.78, 5) is 126. The third kappa shape index (κ3) is 51.5. The van der Waals surface area contributed by atoms with Crippen LogP contribution in [0.5, 0.6) is 0 Å². The number of carboxylic acid groups (broad SMARTS) is 1. The molecule has 0 aromatic heterocycles. The summed E-state index contributed by atoms with van der Waals surface area (Å²) in [6.45, 7) is 61.7. The molecule has 2 heterocycles. The van der Waals surface area contributed by atoms with Crippen molar-refractivity contribution in [1.82, 2.24) is 44.1 Å². The van der Waals surface area contributed by atoms with Crippen LogP contribution in [0.15, 0.2) is 0 Å². The first kappa shape index (κ1) is 121. The van der Waals surface area contributed by atoms with Crippen LogP contribution in [-0.4, -0.2) is 349 Å². The molecule has 30 heteroatoms. The molecule has 6 amide bonds. The van der Waals surface area contributed by atoms with E-state index < -0.39 is 28.8 Å². The van der Waals surface area contributed by atoms with Gasteiger partial charge in [-0.15, -0.1) is 11.8 Å². The molecule has 0 aromatic carbocycles. The molecule has 0 aromatic rings. The summed E-state index contributed by atoms with van der Waals surface area (Å²) in [6.07, 6.45) is 2.53. The molecule has 2 aliphatic rings. The van der Waals surface area contributed by atoms with Gasteiger partial charge in [0.15, 0.2) is 0 Å². The highest BCUT2D eigenvalue weighted by atomic mass is 32.2. The number of esters is 2. The smallest absolute Gasteiger partial charge is 0.324 e. The van der Waals surface area contributed by atoms with Crippen molar-refractivity contribution < 1.29 is 62.5 Å². The molecule has 2 saturated heterocycles. The van der Waals surface area contributed by atoms with Crippen molar-refractivity contribution in [2.75, 3.05) is 188 Å². The quantitative estimate of drug-likeness (QED) is 0.0377. The second-order valence-corrected chi connectivity index (χ2v) is 43.5. The van der Waals surface area contributed by atoms with Crippen LogP contribution in [0.25, 0.3) is 0 Å². The van der Waals surface area contributed by atoms with Gasteiger partial charge in [0.25, 0.3) is 0 Å². The van der Waals surface area contributed by atoms with Crippen molar-refractivity contribution in [2.45, 2.75) is 251 Å². The fraction of sp³-hybridized carbons (Fsp3) is 0.898. The van der Waals surface area contributed by atoms with Crippen molar-refractivity contribution in [2.24, 2.45) is 82.5 Å². The molecule has 2 fully saturated rings. The summed E-state index contributed by atoms with van der Waals surface area (Å²) >= 11 is 10.3. The molecule has 0 aliphatic carbocycles. The maximum atomic E-state index is 12.6. The number of methoxy groups -OCH3 is 2. The number of aliphatic carboxylic acids is 1. The number of amides is 6. The van der Waals surface area contributed by atoms with Crippen molar-refractivity contribution in [3.05, 3.63) is 0 Å². The number of hydrogen-bond donors (Lipinski definition) is 3. The number of ether oxygens (including phenoxy) is 3. The number of carbonyl (C=O) groups excluding carboxylic acids is 8. The van der Waals surface area contributed by atoms with E-state index in [1.165, 1.54) is 63.7 Å². The van der Waals surface area contributed by atoms with E-state index >= 15 is 0 Å². The van der Waals surface area contributed by atoms with Crippen molar-refractivity contribution in [1.29, 1.82) is 0 Å². The molecule has 24 nitrogen and oxygen atoms in total. The van der Waals surface area contributed by atoms with E-state index in [1.54, 1.807) is 33.5 Å². The molecule has 2 rings (SSSR count). The lowest BCUT2D eigenvalue weighted by molar-refractivity contribution is -0.143. The molecule has 8 atom stereocenters. The third-order valence-electron chi connectivity index (χ3n) is 22.1. The number of carbonyl (C=O) groups is 9. The summed E-state index contributed by atoms with van der Waals surface area (Å²) < 4.78 is 14.2. The first-order chi connectivity index (χ1) is 54.5. The number of piperidine rings is 1. The van der Waals surface area contributed by atoms with Gasteiger partial charge in [0, 0.05) is 202 Å². The zero-order valence-electron chi connectivity index (χ0n) is 81.2. The Kier molecular flexibility index (Phi) is 67.5. The number of nitrogens with two attached hydrogens (primary N) is 2. The molecule has 2 unspecified atom stereocenters. The average Bonchev–Trinajstić information content (AvgIpc) is 0.839. The van der Waals surface area contributed by atoms with Crippen LogP contribution >= 0.6 is 70.6 Å². The van der Waals surface area contributed by atoms with Gasteiger partial charge >= 0.3 is 17.9 Å². The molecule has 0 bridgehead atoms. The lowest BCUT2D eigenvalue weighted by Gasteiger charge is -2.33. The Hall–Kier alpha value is -2.91. The zero-order chi connectivity index (χ0) is 92.5. The van der Waals surface area contributed by atoms with E-state index in [0.717, 1.165) is 73.4 Å². The number of likely N-dealkylation sites (tertiary alicyclic amines) is 1. The zero-order valence-corrected chi connectivity index (χ0v) is 86.1. The minimum absolute atomic E-state index is 0.0490. The van der Waals surface area contributed by atoms with Crippen LogP contribution in [0.2, 0.25) is 0 Å². The first-order valence-corrected chi connectivity index (χ1v) is 49.8. The molecule has 0 spiro atoms. The monoisotopic (exact) mass is 1790 g/mol. The van der Waals surface area contributed by atoms with Gasteiger partial charge in [0.2, 0.25) is 35.4 Å². The number of nitrogens with zero attached hydrogens (tertiary/aromatic N) is 9. The van der Waals surface area contributed by atoms with Crippen LogP contribution < -0.4 is 11.5 Å². The Morgan fingerprint density at radius 1 is 0.432 bits per heavy atom. The van der Waals surface area contributed by atoms with E-state index in [9.17, 15) is 43.2 Å². The van der Waals surface area contributed by atoms with Crippen LogP contribution in [0, 0.1) is 71.0 Å². The van der Waals surface area contributed by atoms with E-state index in [4.69, 9.17) is 26.0 Å². The molecule has 698 valence electrons. The number of thioether (sulfide) groups is 6. The lowest BCUT2D eigenvalue weighted by Crippen LogP contribution is -2.48. The van der Waals surface area contributed by atoms with E-state index in [1.807, 2.05) is 182 Å². The van der Waals surface area contributed by atoms with Gasteiger partial charge < -0.3 is 70.0 Å². The topological polar surface area (TPSA) is 283 Å². The van der Waals surface area contributed by atoms with Gasteiger partial charge in [-0.3, -0.25) is 48.1 Å². The summed E-state index contributed by atoms with van der Waals surface area (Å²) in [5.74, 6) is 9.31. The SMILES string of the molecule is CC(C)[C@H](CSC1CCN(C)CC1)C(=O)N(C)C(C)C.CC(C)[C@H](CSCC(N)C(=O)O)C(=O)N(C)C(C)C.CC(C)[C@H](CSCCN(C)C)C(=O)N(C)C(C)C.CC(C)[C@H](CSCCN1CCOCC1)C(=O)N(C)C(C)C.COC(=O)C(N)C(C)(C)SC[C@H](C(=O)N(C)C(C)C)C(C)C.COC(=O)CSC[C@H](C(=O)N(C)C(C)C)C(C)C. The van der Waals surface area contributed by atoms with Gasteiger partial charge in [-0.2, -0.15) is 58.8 Å². The van der Waals surface area contributed by atoms with Gasteiger partial charge in [0.05, 0.1) is 33.2 Å². The number of hydrogen-bond acceptors (Lipinski definition) is 23. The Morgan fingerprint density at radius 3 is 1.03 bits per heavy atom. The van der Waals surface area contributed by atoms with Crippen LogP contribution in [0.1, 0.15) is 193 Å². The third-order valence-corrected chi connectivity index (χ3v) is 29.4. The predicted octanol–water partition coefficient (Wildman–Crippen LogP) is 13.0. The summed E-state index contributed by atoms with van der Waals surface area (Å²) in [5.41, 5.74) is 11.4. The van der Waals surface area contributed by atoms with Gasteiger partial charge in [-0.1, -0.05) is 83.1 Å². The predicted molar refractivity (Wildman–Crippen MR) is 510 cm³/mol. The Labute approximate surface area is 746 Å². The van der Waals surface area contributed by atoms with Crippen LogP contribution in [0.4, 0.5) is 0 Å². The van der Waals surface area contributed by atoms with E-state index in [-0.39, 0.29) is 119 Å². The maximum Gasteiger partial charge on any atom is 0.324 e. The highest BCUT2D eigenvalue weighted by Gasteiger charge is 2.38. The van der Waals surface area contributed by atoms with Crippen LogP contribution in [0.3, 0.4) is 0 Å². The van der Waals surface area contributed by atoms with Crippen molar-refractivity contribution >= 4 is 124 Å². The van der Waals surface area contributed by atoms with Gasteiger partial charge in [-0.05, 0) is 180 Å². The minimum atomic E-state index is -1.00. The maximum absolute atomic E-state index is 12.6. The van der Waals surface area contributed by atoms with Crippen LogP contribution in [-0.2, 0) is 57.4 Å². The number of morpholine rings is 1. The largest absolute Gasteiger partial charge is 0.480 e. The average molecular weight is 1790 g/mol. The van der Waals surface area contributed by atoms with Gasteiger partial charge in [0.1, 0.15) is 12.1 Å². The molecule has 0 saturated carbocycles. The van der Waals surface area contributed by atoms with Crippen molar-refractivity contribution in [3.8, 4) is 0 Å². The lowest BCUT2D eigenvalue weighted by atomic mass is 9.96. The number of rotatable bonds is 45. The van der Waals surface area contributed by atoms with E-state index in [2.05, 4.69) is 124 Å². The summed E-state index contributed by atoms with van der Waals surface area (Å²) in [6, 6.07) is -0.197. The molecule has 118 heavy (non-hydrogen) atoms. The highest BCUT2D eigenvalue weighted by molar-refractivity contribution is 8.01. The highest BCUT2D eigenvalue weighted by Crippen LogP contribution is 2.34. The van der Waals surface area contributed by atoms with Crippen molar-refractivity contribution in [3.63, 3.8) is 0 Å². The standard InChI is InChI=1S/C16H32N2O3S.C16H32N2O2S.C16H32N2OS.C14H30N2OS.C13H26N2O3S.C13H25NO3S/c1-10(2)12(14(19)18(7)11(3)4)9-22-16(5,6)13(17)15(20)21-8;1-13(2)15(16(19)17(5)14(3)4)12-21-11-8-18-6-9-20-10-7-18;1-12(2)15(16(19)18(6)13(3)4)11-20-14-7-9-17(5)10-8-14;1-11(2)13(10-18-9-8-15(5)6)14(17)16(7)12(3)4;1-8(2)10(12(16)15(5)9(3)4)6-19-7-11(14)13(17)18;1-9(2)11(7-18-8-12(15)17-6)13(16)14(5)10(3)4/h10-13H,9,17H2,1-8H3;13-15H,6-12H2,1-5H3;12-15H,7-11H2,1-6H3;11-13H,8-10H2,1-7H3;8-11H,6-7,14H2,1-5H3,(H,17,18);9-11H,7-8H2,1-6H3/t12-,13?;2*15-;13-;10-,11?;11-/m000000/s1. The fourth-order valence-corrected chi connectivity index (χ4v) is 19.2. The molecular formula is C88H177N11O13S6. The second-order valence-electron chi connectivity index (χ2n) is 36.1. The first-order valence-electron chi connectivity index (χ1n) is 43.2. The Balaban J connectivity index is -0.000000662.